The zero-order valence-corrected chi connectivity index (χ0v) is 7.45. The van der Waals surface area contributed by atoms with Gasteiger partial charge in [-0.2, -0.15) is 10.5 Å². The van der Waals surface area contributed by atoms with Crippen molar-refractivity contribution in [2.75, 3.05) is 32.7 Å². The highest BCUT2D eigenvalue weighted by Crippen LogP contribution is 1.95. The standard InChI is InChI=1S/C9H12N4/c10-7-9(8-11)1-4-13-5-2-12-3-6-13/h1,12H,2-6H2. The molecule has 0 aromatic carbocycles. The summed E-state index contributed by atoms with van der Waals surface area (Å²) >= 11 is 0. The summed E-state index contributed by atoms with van der Waals surface area (Å²) in [5.74, 6) is 0. The van der Waals surface area contributed by atoms with E-state index in [1.54, 1.807) is 6.08 Å². The van der Waals surface area contributed by atoms with Crippen LogP contribution in [0, 0.1) is 22.7 Å². The molecule has 1 saturated heterocycles. The van der Waals surface area contributed by atoms with Gasteiger partial charge < -0.3 is 5.32 Å². The van der Waals surface area contributed by atoms with Crippen LogP contribution >= 0.6 is 0 Å². The molecule has 0 radical (unpaired) electrons. The minimum Gasteiger partial charge on any atom is -0.314 e. The van der Waals surface area contributed by atoms with Gasteiger partial charge in [-0.05, 0) is 6.08 Å². The first-order valence-corrected chi connectivity index (χ1v) is 4.30. The summed E-state index contributed by atoms with van der Waals surface area (Å²) in [5.41, 5.74) is 0.207. The fourth-order valence-electron chi connectivity index (χ4n) is 1.23. The monoisotopic (exact) mass is 176 g/mol. The Balaban J connectivity index is 2.37. The van der Waals surface area contributed by atoms with Gasteiger partial charge in [0.2, 0.25) is 0 Å². The predicted molar refractivity (Wildman–Crippen MR) is 48.6 cm³/mol. The van der Waals surface area contributed by atoms with Gasteiger partial charge in [0.25, 0.3) is 0 Å². The van der Waals surface area contributed by atoms with E-state index in [1.807, 2.05) is 12.1 Å². The van der Waals surface area contributed by atoms with Crippen LogP contribution in [0.4, 0.5) is 0 Å². The summed E-state index contributed by atoms with van der Waals surface area (Å²) in [4.78, 5) is 2.21. The molecule has 13 heavy (non-hydrogen) atoms. The minimum absolute atomic E-state index is 0.207. The molecule has 0 aromatic heterocycles. The van der Waals surface area contributed by atoms with Gasteiger partial charge in [0.1, 0.15) is 17.7 Å². The Kier molecular flexibility index (Phi) is 3.98. The van der Waals surface area contributed by atoms with Crippen LogP contribution in [0.25, 0.3) is 0 Å². The van der Waals surface area contributed by atoms with Crippen molar-refractivity contribution in [3.63, 3.8) is 0 Å². The highest BCUT2D eigenvalue weighted by atomic mass is 15.2. The van der Waals surface area contributed by atoms with E-state index in [2.05, 4.69) is 10.2 Å². The number of rotatable bonds is 2. The van der Waals surface area contributed by atoms with Gasteiger partial charge in [-0.3, -0.25) is 4.90 Å². The third-order valence-electron chi connectivity index (χ3n) is 2.00. The van der Waals surface area contributed by atoms with Crippen molar-refractivity contribution >= 4 is 0 Å². The molecule has 0 aliphatic carbocycles. The third kappa shape index (κ3) is 3.25. The van der Waals surface area contributed by atoms with Crippen LogP contribution in [-0.2, 0) is 0 Å². The Morgan fingerprint density at radius 1 is 1.31 bits per heavy atom. The van der Waals surface area contributed by atoms with Gasteiger partial charge in [-0.25, -0.2) is 0 Å². The van der Waals surface area contributed by atoms with Crippen LogP contribution < -0.4 is 5.32 Å². The van der Waals surface area contributed by atoms with Gasteiger partial charge in [0.15, 0.2) is 0 Å². The highest BCUT2D eigenvalue weighted by molar-refractivity contribution is 5.35. The summed E-state index contributed by atoms with van der Waals surface area (Å²) in [6, 6.07) is 3.70. The normalized spacial score (nSPS) is 17.1. The largest absolute Gasteiger partial charge is 0.314 e. The van der Waals surface area contributed by atoms with Crippen LogP contribution in [0.15, 0.2) is 11.6 Å². The molecule has 1 aliphatic heterocycles. The molecular weight excluding hydrogens is 164 g/mol. The average molecular weight is 176 g/mol. The van der Waals surface area contributed by atoms with Crippen molar-refractivity contribution < 1.29 is 0 Å². The van der Waals surface area contributed by atoms with Crippen LogP contribution in [0.3, 0.4) is 0 Å². The maximum Gasteiger partial charge on any atom is 0.126 e. The number of nitriles is 2. The van der Waals surface area contributed by atoms with Crippen LogP contribution in [-0.4, -0.2) is 37.6 Å². The molecule has 0 unspecified atom stereocenters. The molecule has 0 atom stereocenters. The van der Waals surface area contributed by atoms with E-state index >= 15 is 0 Å². The van der Waals surface area contributed by atoms with Crippen LogP contribution in [0.2, 0.25) is 0 Å². The Morgan fingerprint density at radius 2 is 1.92 bits per heavy atom. The number of allylic oxidation sites excluding steroid dienone is 1. The lowest BCUT2D eigenvalue weighted by molar-refractivity contribution is 0.264. The zero-order chi connectivity index (χ0) is 9.52. The lowest BCUT2D eigenvalue weighted by atomic mass is 10.3. The van der Waals surface area contributed by atoms with E-state index in [0.29, 0.717) is 6.54 Å². The minimum atomic E-state index is 0.207. The Labute approximate surface area is 78.1 Å². The lowest BCUT2D eigenvalue weighted by Gasteiger charge is -2.25. The molecule has 0 amide bonds. The second-order valence-electron chi connectivity index (χ2n) is 2.89. The van der Waals surface area contributed by atoms with Gasteiger partial charge in [-0.15, -0.1) is 0 Å². The van der Waals surface area contributed by atoms with Gasteiger partial charge >= 0.3 is 0 Å². The fraction of sp³-hybridized carbons (Fsp3) is 0.556. The van der Waals surface area contributed by atoms with Crippen molar-refractivity contribution in [1.29, 1.82) is 10.5 Å². The van der Waals surface area contributed by atoms with Crippen molar-refractivity contribution in [3.05, 3.63) is 11.6 Å². The molecule has 1 heterocycles. The molecule has 0 aromatic rings. The number of hydrogen-bond donors (Lipinski definition) is 1. The third-order valence-corrected chi connectivity index (χ3v) is 2.00. The first-order valence-electron chi connectivity index (χ1n) is 4.30. The fourth-order valence-corrected chi connectivity index (χ4v) is 1.23. The van der Waals surface area contributed by atoms with Crippen molar-refractivity contribution in [2.45, 2.75) is 0 Å². The molecule has 0 bridgehead atoms. The van der Waals surface area contributed by atoms with Crippen molar-refractivity contribution in [2.24, 2.45) is 0 Å². The van der Waals surface area contributed by atoms with Gasteiger partial charge in [-0.1, -0.05) is 0 Å². The second-order valence-corrected chi connectivity index (χ2v) is 2.89. The lowest BCUT2D eigenvalue weighted by Crippen LogP contribution is -2.43. The molecule has 4 nitrogen and oxygen atoms in total. The van der Waals surface area contributed by atoms with E-state index in [9.17, 15) is 0 Å². The van der Waals surface area contributed by atoms with E-state index in [0.717, 1.165) is 26.2 Å². The summed E-state index contributed by atoms with van der Waals surface area (Å²) in [6.07, 6.45) is 1.69. The molecule has 4 heteroatoms. The Hall–Kier alpha value is -1.36. The number of piperazine rings is 1. The molecule has 0 saturated carbocycles. The van der Waals surface area contributed by atoms with E-state index < -0.39 is 0 Å². The topological polar surface area (TPSA) is 62.9 Å². The molecule has 1 N–H and O–H groups in total. The van der Waals surface area contributed by atoms with Crippen molar-refractivity contribution in [3.8, 4) is 12.1 Å². The maximum atomic E-state index is 8.48. The molecule has 1 fully saturated rings. The maximum absolute atomic E-state index is 8.48. The highest BCUT2D eigenvalue weighted by Gasteiger charge is 2.07. The van der Waals surface area contributed by atoms with E-state index in [1.165, 1.54) is 0 Å². The Bertz CT molecular complexity index is 246. The SMILES string of the molecule is N#CC(C#N)=CCN1CCNCC1. The molecule has 1 aliphatic rings. The molecule has 0 spiro atoms. The van der Waals surface area contributed by atoms with Crippen LogP contribution in [0.1, 0.15) is 0 Å². The summed E-state index contributed by atoms with van der Waals surface area (Å²) < 4.78 is 0. The second kappa shape index (κ2) is 5.31. The van der Waals surface area contributed by atoms with Crippen molar-refractivity contribution in [1.82, 2.24) is 10.2 Å². The van der Waals surface area contributed by atoms with E-state index in [-0.39, 0.29) is 5.57 Å². The first-order chi connectivity index (χ1) is 6.36. The predicted octanol–water partition coefficient (Wildman–Crippen LogP) is -0.135. The summed E-state index contributed by atoms with van der Waals surface area (Å²) in [7, 11) is 0. The smallest absolute Gasteiger partial charge is 0.126 e. The molecule has 68 valence electrons. The van der Waals surface area contributed by atoms with Gasteiger partial charge in [0, 0.05) is 32.7 Å². The first kappa shape index (κ1) is 9.73. The van der Waals surface area contributed by atoms with E-state index in [4.69, 9.17) is 10.5 Å². The zero-order valence-electron chi connectivity index (χ0n) is 7.45. The Morgan fingerprint density at radius 3 is 2.46 bits per heavy atom. The van der Waals surface area contributed by atoms with Gasteiger partial charge in [0.05, 0.1) is 0 Å². The number of hydrogen-bond acceptors (Lipinski definition) is 4. The molecule has 1 rings (SSSR count). The van der Waals surface area contributed by atoms with Crippen LogP contribution in [0.5, 0.6) is 0 Å². The average Bonchev–Trinajstić information content (AvgIpc) is 2.21. The number of nitrogens with one attached hydrogen (secondary N) is 1. The quantitative estimate of drug-likeness (QED) is 0.595. The molecular formula is C9H12N4. The summed E-state index contributed by atoms with van der Waals surface area (Å²) in [5, 5.41) is 20.2. The summed E-state index contributed by atoms with van der Waals surface area (Å²) in [6.45, 7) is 4.66. The number of nitrogens with zero attached hydrogens (tertiary/aromatic N) is 3.